The molecule has 1 aromatic carbocycles. The predicted molar refractivity (Wildman–Crippen MR) is 68.8 cm³/mol. The third kappa shape index (κ3) is 2.48. The standard InChI is InChI=1S/C12H11BrClNO/c1-15-12(10-5-6-11(13)16-10)8-3-2-4-9(14)7-8/h2-7,12,15H,1H3. The first-order chi connectivity index (χ1) is 7.70. The second-order valence-corrected chi connectivity index (χ2v) is 4.64. The van der Waals surface area contributed by atoms with Crippen LogP contribution in [0.2, 0.25) is 5.02 Å². The maximum absolute atomic E-state index is 5.97. The molecule has 0 fully saturated rings. The number of furan rings is 1. The highest BCUT2D eigenvalue weighted by Crippen LogP contribution is 2.27. The van der Waals surface area contributed by atoms with Crippen LogP contribution in [0, 0.1) is 0 Å². The van der Waals surface area contributed by atoms with E-state index in [4.69, 9.17) is 16.0 Å². The van der Waals surface area contributed by atoms with Crippen molar-refractivity contribution in [2.45, 2.75) is 6.04 Å². The smallest absolute Gasteiger partial charge is 0.169 e. The summed E-state index contributed by atoms with van der Waals surface area (Å²) < 4.78 is 6.27. The molecule has 0 saturated carbocycles. The highest BCUT2D eigenvalue weighted by molar-refractivity contribution is 9.10. The molecule has 1 aromatic heterocycles. The number of rotatable bonds is 3. The molecule has 1 heterocycles. The van der Waals surface area contributed by atoms with Crippen molar-refractivity contribution in [3.63, 3.8) is 0 Å². The summed E-state index contributed by atoms with van der Waals surface area (Å²) >= 11 is 9.27. The van der Waals surface area contributed by atoms with Gasteiger partial charge in [0.1, 0.15) is 5.76 Å². The molecule has 0 amide bonds. The van der Waals surface area contributed by atoms with Crippen molar-refractivity contribution in [1.82, 2.24) is 5.32 Å². The minimum Gasteiger partial charge on any atom is -0.452 e. The van der Waals surface area contributed by atoms with Gasteiger partial charge in [-0.25, -0.2) is 0 Å². The van der Waals surface area contributed by atoms with Crippen LogP contribution < -0.4 is 5.32 Å². The Bertz CT molecular complexity index is 483. The highest BCUT2D eigenvalue weighted by Gasteiger charge is 2.15. The third-order valence-corrected chi connectivity index (χ3v) is 3.01. The second-order valence-electron chi connectivity index (χ2n) is 3.42. The van der Waals surface area contributed by atoms with Gasteiger partial charge in [-0.2, -0.15) is 0 Å². The molecule has 1 unspecified atom stereocenters. The van der Waals surface area contributed by atoms with Crippen molar-refractivity contribution in [3.8, 4) is 0 Å². The lowest BCUT2D eigenvalue weighted by Crippen LogP contribution is -2.16. The Morgan fingerprint density at radius 2 is 2.12 bits per heavy atom. The molecule has 0 aliphatic rings. The van der Waals surface area contributed by atoms with E-state index in [0.717, 1.165) is 21.0 Å². The number of hydrogen-bond donors (Lipinski definition) is 1. The van der Waals surface area contributed by atoms with Crippen LogP contribution in [0.3, 0.4) is 0 Å². The van der Waals surface area contributed by atoms with E-state index in [2.05, 4.69) is 21.2 Å². The van der Waals surface area contributed by atoms with Crippen molar-refractivity contribution in [2.75, 3.05) is 7.05 Å². The Morgan fingerprint density at radius 1 is 1.31 bits per heavy atom. The van der Waals surface area contributed by atoms with E-state index < -0.39 is 0 Å². The molecular formula is C12H11BrClNO. The van der Waals surface area contributed by atoms with Crippen LogP contribution in [0.5, 0.6) is 0 Å². The summed E-state index contributed by atoms with van der Waals surface area (Å²) in [7, 11) is 1.89. The SMILES string of the molecule is CNC(c1cccc(Cl)c1)c1ccc(Br)o1. The molecule has 0 saturated heterocycles. The topological polar surface area (TPSA) is 25.2 Å². The van der Waals surface area contributed by atoms with Gasteiger partial charge in [-0.3, -0.25) is 0 Å². The van der Waals surface area contributed by atoms with E-state index in [-0.39, 0.29) is 6.04 Å². The summed E-state index contributed by atoms with van der Waals surface area (Å²) in [5, 5.41) is 3.93. The average molecular weight is 301 g/mol. The summed E-state index contributed by atoms with van der Waals surface area (Å²) in [6, 6.07) is 11.6. The van der Waals surface area contributed by atoms with Crippen LogP contribution in [0.1, 0.15) is 17.4 Å². The van der Waals surface area contributed by atoms with Crippen LogP contribution in [-0.2, 0) is 0 Å². The maximum Gasteiger partial charge on any atom is 0.169 e. The van der Waals surface area contributed by atoms with Gasteiger partial charge in [-0.15, -0.1) is 0 Å². The van der Waals surface area contributed by atoms with Crippen LogP contribution in [0.25, 0.3) is 0 Å². The number of hydrogen-bond acceptors (Lipinski definition) is 2. The van der Waals surface area contributed by atoms with E-state index in [9.17, 15) is 0 Å². The average Bonchev–Trinajstić information content (AvgIpc) is 2.66. The van der Waals surface area contributed by atoms with E-state index in [1.54, 1.807) is 0 Å². The molecule has 2 nitrogen and oxygen atoms in total. The number of halogens is 2. The minimum absolute atomic E-state index is 0.0185. The van der Waals surface area contributed by atoms with Gasteiger partial charge in [0.15, 0.2) is 4.67 Å². The van der Waals surface area contributed by atoms with Gasteiger partial charge in [0.2, 0.25) is 0 Å². The van der Waals surface area contributed by atoms with Gasteiger partial charge >= 0.3 is 0 Å². The van der Waals surface area contributed by atoms with Crippen molar-refractivity contribution in [3.05, 3.63) is 57.4 Å². The minimum atomic E-state index is 0.0185. The zero-order valence-corrected chi connectivity index (χ0v) is 11.0. The molecule has 84 valence electrons. The summed E-state index contributed by atoms with van der Waals surface area (Å²) in [5.74, 6) is 0.858. The number of benzene rings is 1. The Balaban J connectivity index is 2.36. The Labute approximate surface area is 108 Å². The van der Waals surface area contributed by atoms with Gasteiger partial charge in [-0.05, 0) is 52.8 Å². The molecule has 0 bridgehead atoms. The lowest BCUT2D eigenvalue weighted by atomic mass is 10.1. The largest absolute Gasteiger partial charge is 0.452 e. The Hall–Kier alpha value is -0.770. The van der Waals surface area contributed by atoms with Crippen LogP contribution in [-0.4, -0.2) is 7.05 Å². The highest BCUT2D eigenvalue weighted by atomic mass is 79.9. The van der Waals surface area contributed by atoms with Gasteiger partial charge in [0.25, 0.3) is 0 Å². The van der Waals surface area contributed by atoms with Crippen molar-refractivity contribution in [2.24, 2.45) is 0 Å². The van der Waals surface area contributed by atoms with E-state index in [1.165, 1.54) is 0 Å². The van der Waals surface area contributed by atoms with Crippen LogP contribution >= 0.6 is 27.5 Å². The fourth-order valence-electron chi connectivity index (χ4n) is 1.64. The van der Waals surface area contributed by atoms with Gasteiger partial charge in [0.05, 0.1) is 6.04 Å². The monoisotopic (exact) mass is 299 g/mol. The molecule has 4 heteroatoms. The second kappa shape index (κ2) is 5.04. The fraction of sp³-hybridized carbons (Fsp3) is 0.167. The van der Waals surface area contributed by atoms with Gasteiger partial charge < -0.3 is 9.73 Å². The summed E-state index contributed by atoms with van der Waals surface area (Å²) in [4.78, 5) is 0. The lowest BCUT2D eigenvalue weighted by molar-refractivity contribution is 0.447. The summed E-state index contributed by atoms with van der Waals surface area (Å²) in [6.45, 7) is 0. The molecule has 16 heavy (non-hydrogen) atoms. The molecule has 0 aliphatic heterocycles. The van der Waals surface area contributed by atoms with Crippen LogP contribution in [0.15, 0.2) is 45.5 Å². The molecular weight excluding hydrogens is 289 g/mol. The molecule has 1 atom stereocenters. The quantitative estimate of drug-likeness (QED) is 0.926. The van der Waals surface area contributed by atoms with Crippen molar-refractivity contribution >= 4 is 27.5 Å². The Morgan fingerprint density at radius 3 is 2.69 bits per heavy atom. The normalized spacial score (nSPS) is 12.7. The van der Waals surface area contributed by atoms with E-state index in [0.29, 0.717) is 0 Å². The third-order valence-electron chi connectivity index (χ3n) is 2.35. The Kier molecular flexibility index (Phi) is 3.69. The van der Waals surface area contributed by atoms with Crippen molar-refractivity contribution < 1.29 is 4.42 Å². The first-order valence-corrected chi connectivity index (χ1v) is 6.06. The summed E-state index contributed by atoms with van der Waals surface area (Å²) in [6.07, 6.45) is 0. The lowest BCUT2D eigenvalue weighted by Gasteiger charge is -2.14. The van der Waals surface area contributed by atoms with E-state index in [1.807, 2.05) is 43.4 Å². The van der Waals surface area contributed by atoms with Crippen molar-refractivity contribution in [1.29, 1.82) is 0 Å². The zero-order valence-electron chi connectivity index (χ0n) is 8.71. The first kappa shape index (κ1) is 11.7. The summed E-state index contributed by atoms with van der Waals surface area (Å²) in [5.41, 5.74) is 1.08. The molecule has 0 aliphatic carbocycles. The van der Waals surface area contributed by atoms with Gasteiger partial charge in [0, 0.05) is 5.02 Å². The molecule has 2 rings (SSSR count). The predicted octanol–water partition coefficient (Wildman–Crippen LogP) is 4.00. The first-order valence-electron chi connectivity index (χ1n) is 4.88. The van der Waals surface area contributed by atoms with Gasteiger partial charge in [-0.1, -0.05) is 23.7 Å². The molecule has 1 N–H and O–H groups in total. The molecule has 0 radical (unpaired) electrons. The zero-order chi connectivity index (χ0) is 11.5. The maximum atomic E-state index is 5.97. The fourth-order valence-corrected chi connectivity index (χ4v) is 2.16. The van der Waals surface area contributed by atoms with E-state index >= 15 is 0 Å². The molecule has 2 aromatic rings. The number of nitrogens with one attached hydrogen (secondary N) is 1. The van der Waals surface area contributed by atoms with Crippen LogP contribution in [0.4, 0.5) is 0 Å². The molecule has 0 spiro atoms.